The van der Waals surface area contributed by atoms with E-state index in [0.29, 0.717) is 37.5 Å². The van der Waals surface area contributed by atoms with Gasteiger partial charge < -0.3 is 10.2 Å². The number of hydrogen-bond donors (Lipinski definition) is 2. The van der Waals surface area contributed by atoms with Crippen LogP contribution in [0.5, 0.6) is 0 Å². The molecule has 0 aromatic heterocycles. The fourth-order valence-corrected chi connectivity index (χ4v) is 4.73. The van der Waals surface area contributed by atoms with E-state index in [0.717, 1.165) is 12.8 Å². The largest absolute Gasteiger partial charge is 0.353 e. The van der Waals surface area contributed by atoms with Crippen molar-refractivity contribution in [1.29, 1.82) is 0 Å². The summed E-state index contributed by atoms with van der Waals surface area (Å²) in [6.45, 7) is 6.39. The van der Waals surface area contributed by atoms with Gasteiger partial charge in [0.15, 0.2) is 0 Å². The second-order valence-corrected chi connectivity index (χ2v) is 10.4. The first-order valence-corrected chi connectivity index (χ1v) is 11.3. The normalized spacial score (nSPS) is 18.8. The van der Waals surface area contributed by atoms with Crippen LogP contribution in [0.3, 0.4) is 0 Å². The molecule has 1 aromatic rings. The van der Waals surface area contributed by atoms with Crippen LogP contribution in [-0.2, 0) is 14.8 Å². The van der Waals surface area contributed by atoms with E-state index >= 15 is 0 Å². The molecule has 2 N–H and O–H groups in total. The van der Waals surface area contributed by atoms with Gasteiger partial charge in [0.2, 0.25) is 15.9 Å². The van der Waals surface area contributed by atoms with Crippen molar-refractivity contribution in [3.05, 3.63) is 29.8 Å². The minimum Gasteiger partial charge on any atom is -0.353 e. The molecule has 1 saturated carbocycles. The first-order valence-electron chi connectivity index (χ1n) is 9.79. The van der Waals surface area contributed by atoms with Gasteiger partial charge in [-0.25, -0.2) is 13.1 Å². The van der Waals surface area contributed by atoms with Gasteiger partial charge in [-0.3, -0.25) is 9.59 Å². The van der Waals surface area contributed by atoms with E-state index < -0.39 is 15.6 Å². The van der Waals surface area contributed by atoms with Crippen molar-refractivity contribution < 1.29 is 18.0 Å². The van der Waals surface area contributed by atoms with Crippen molar-refractivity contribution >= 4 is 21.8 Å². The van der Waals surface area contributed by atoms with Gasteiger partial charge in [-0.2, -0.15) is 0 Å². The molecule has 0 atom stereocenters. The lowest BCUT2D eigenvalue weighted by Crippen LogP contribution is -2.43. The summed E-state index contributed by atoms with van der Waals surface area (Å²) in [6.07, 6.45) is 3.46. The van der Waals surface area contributed by atoms with Crippen molar-refractivity contribution in [1.82, 2.24) is 14.9 Å². The van der Waals surface area contributed by atoms with Gasteiger partial charge >= 0.3 is 0 Å². The van der Waals surface area contributed by atoms with E-state index in [-0.39, 0.29) is 22.6 Å². The van der Waals surface area contributed by atoms with Crippen molar-refractivity contribution in [3.8, 4) is 0 Å². The Morgan fingerprint density at radius 1 is 1.00 bits per heavy atom. The maximum Gasteiger partial charge on any atom is 0.253 e. The molecule has 0 radical (unpaired) electrons. The fraction of sp³-hybridized carbons (Fsp3) is 0.600. The van der Waals surface area contributed by atoms with Gasteiger partial charge in [0.1, 0.15) is 0 Å². The zero-order valence-corrected chi connectivity index (χ0v) is 17.5. The third kappa shape index (κ3) is 5.32. The molecule has 1 aliphatic heterocycles. The molecule has 28 heavy (non-hydrogen) atoms. The molecule has 7 nitrogen and oxygen atoms in total. The molecule has 1 saturated heterocycles. The van der Waals surface area contributed by atoms with E-state index in [9.17, 15) is 18.0 Å². The van der Waals surface area contributed by atoms with Crippen molar-refractivity contribution in [2.45, 2.75) is 62.9 Å². The van der Waals surface area contributed by atoms with Crippen LogP contribution in [0.4, 0.5) is 0 Å². The number of amides is 2. The van der Waals surface area contributed by atoms with Gasteiger partial charge in [-0.05, 0) is 70.7 Å². The Bertz CT molecular complexity index is 831. The zero-order chi connectivity index (χ0) is 20.5. The number of benzene rings is 1. The molecule has 2 amide bonds. The molecule has 2 aliphatic rings. The number of sulfonamides is 1. The van der Waals surface area contributed by atoms with Crippen molar-refractivity contribution in [2.75, 3.05) is 13.1 Å². The van der Waals surface area contributed by atoms with Crippen LogP contribution in [0.15, 0.2) is 29.2 Å². The maximum atomic E-state index is 12.7. The third-order valence-corrected chi connectivity index (χ3v) is 6.70. The average Bonchev–Trinajstić information content (AvgIpc) is 3.43. The Hall–Kier alpha value is -1.93. The Morgan fingerprint density at radius 3 is 2.07 bits per heavy atom. The molecule has 1 aromatic carbocycles. The summed E-state index contributed by atoms with van der Waals surface area (Å²) < 4.78 is 27.3. The number of piperidine rings is 1. The second-order valence-electron chi connectivity index (χ2n) is 8.73. The first kappa shape index (κ1) is 20.8. The van der Waals surface area contributed by atoms with Crippen LogP contribution >= 0.6 is 0 Å². The number of nitrogens with one attached hydrogen (secondary N) is 2. The molecular formula is C20H29N3O4S. The van der Waals surface area contributed by atoms with E-state index in [1.165, 1.54) is 12.1 Å². The number of carbonyl (C=O) groups excluding carboxylic acids is 2. The van der Waals surface area contributed by atoms with Gasteiger partial charge in [0.05, 0.1) is 4.90 Å². The SMILES string of the molecule is CC(C)(C)NS(=O)(=O)c1ccc(C(=O)N2CCC(C(=O)NC3CC3)CC2)cc1. The number of hydrogen-bond acceptors (Lipinski definition) is 4. The lowest BCUT2D eigenvalue weighted by Gasteiger charge is -2.31. The summed E-state index contributed by atoms with van der Waals surface area (Å²) in [5.74, 6) is -0.0510. The monoisotopic (exact) mass is 407 g/mol. The van der Waals surface area contributed by atoms with Gasteiger partial charge in [-0.15, -0.1) is 0 Å². The summed E-state index contributed by atoms with van der Waals surface area (Å²) in [5, 5.41) is 3.03. The highest BCUT2D eigenvalue weighted by molar-refractivity contribution is 7.89. The maximum absolute atomic E-state index is 12.7. The summed E-state index contributed by atoms with van der Waals surface area (Å²) in [4.78, 5) is 26.7. The highest BCUT2D eigenvalue weighted by atomic mass is 32.2. The standard InChI is InChI=1S/C20H29N3O4S/c1-20(2,3)22-28(26,27)17-8-4-15(5-9-17)19(25)23-12-10-14(11-13-23)18(24)21-16-6-7-16/h4-5,8-9,14,16,22H,6-7,10-13H2,1-3H3,(H,21,24). The molecule has 0 unspecified atom stereocenters. The predicted molar refractivity (Wildman–Crippen MR) is 106 cm³/mol. The van der Waals surface area contributed by atoms with Crippen molar-refractivity contribution in [3.63, 3.8) is 0 Å². The van der Waals surface area contributed by atoms with Crippen LogP contribution in [0.1, 0.15) is 56.8 Å². The smallest absolute Gasteiger partial charge is 0.253 e. The molecule has 3 rings (SSSR count). The Labute approximate surface area is 166 Å². The predicted octanol–water partition coefficient (Wildman–Crippen LogP) is 1.89. The van der Waals surface area contributed by atoms with Crippen LogP contribution in [0.2, 0.25) is 0 Å². The average molecular weight is 408 g/mol. The summed E-state index contributed by atoms with van der Waals surface area (Å²) in [5.41, 5.74) is -0.126. The minimum absolute atomic E-state index is 0.0272. The quantitative estimate of drug-likeness (QED) is 0.779. The molecule has 2 fully saturated rings. The highest BCUT2D eigenvalue weighted by Crippen LogP contribution is 2.23. The topological polar surface area (TPSA) is 95.6 Å². The van der Waals surface area contributed by atoms with E-state index in [2.05, 4.69) is 10.0 Å². The second kappa shape index (κ2) is 7.83. The molecule has 0 spiro atoms. The highest BCUT2D eigenvalue weighted by Gasteiger charge is 2.31. The number of rotatable bonds is 5. The molecular weight excluding hydrogens is 378 g/mol. The fourth-order valence-electron chi connectivity index (χ4n) is 3.31. The summed E-state index contributed by atoms with van der Waals surface area (Å²) in [7, 11) is -3.63. The minimum atomic E-state index is -3.63. The first-order chi connectivity index (χ1) is 13.0. The zero-order valence-electron chi connectivity index (χ0n) is 16.7. The summed E-state index contributed by atoms with van der Waals surface area (Å²) in [6, 6.07) is 6.36. The Balaban J connectivity index is 1.58. The Morgan fingerprint density at radius 2 is 1.57 bits per heavy atom. The lowest BCUT2D eigenvalue weighted by molar-refractivity contribution is -0.126. The third-order valence-electron chi connectivity index (χ3n) is 4.93. The number of likely N-dealkylation sites (tertiary alicyclic amines) is 1. The number of nitrogens with zero attached hydrogens (tertiary/aromatic N) is 1. The number of carbonyl (C=O) groups is 2. The van der Waals surface area contributed by atoms with Gasteiger partial charge in [0.25, 0.3) is 5.91 Å². The molecule has 0 bridgehead atoms. The van der Waals surface area contributed by atoms with Crippen molar-refractivity contribution in [2.24, 2.45) is 5.92 Å². The molecule has 1 heterocycles. The van der Waals surface area contributed by atoms with E-state index in [1.54, 1.807) is 37.8 Å². The van der Waals surface area contributed by atoms with Crippen LogP contribution in [0, 0.1) is 5.92 Å². The van der Waals surface area contributed by atoms with Crippen LogP contribution in [0.25, 0.3) is 0 Å². The van der Waals surface area contributed by atoms with Gasteiger partial charge in [0, 0.05) is 36.2 Å². The summed E-state index contributed by atoms with van der Waals surface area (Å²) >= 11 is 0. The molecule has 154 valence electrons. The van der Waals surface area contributed by atoms with Gasteiger partial charge in [-0.1, -0.05) is 0 Å². The molecule has 8 heteroatoms. The van der Waals surface area contributed by atoms with E-state index in [4.69, 9.17) is 0 Å². The molecule has 1 aliphatic carbocycles. The Kier molecular flexibility index (Phi) is 5.82. The van der Waals surface area contributed by atoms with E-state index in [1.807, 2.05) is 0 Å². The van der Waals surface area contributed by atoms with Crippen LogP contribution < -0.4 is 10.0 Å². The lowest BCUT2D eigenvalue weighted by atomic mass is 9.95. The van der Waals surface area contributed by atoms with Crippen LogP contribution in [-0.4, -0.2) is 49.8 Å².